The molecule has 6 nitrogen and oxygen atoms in total. The first-order valence-corrected chi connectivity index (χ1v) is 8.03. The van der Waals surface area contributed by atoms with Crippen LogP contribution in [0.25, 0.3) is 16.7 Å². The Balaban J connectivity index is 1.57. The summed E-state index contributed by atoms with van der Waals surface area (Å²) in [5.41, 5.74) is 3.50. The van der Waals surface area contributed by atoms with Crippen molar-refractivity contribution in [1.82, 2.24) is 19.1 Å². The van der Waals surface area contributed by atoms with E-state index in [9.17, 15) is 4.79 Å². The van der Waals surface area contributed by atoms with Crippen molar-refractivity contribution in [3.05, 3.63) is 73.6 Å². The van der Waals surface area contributed by atoms with Crippen LogP contribution in [-0.4, -0.2) is 25.0 Å². The molecule has 2 aromatic carbocycles. The maximum Gasteiger partial charge on any atom is 0.247 e. The summed E-state index contributed by atoms with van der Waals surface area (Å²) < 4.78 is 3.77. The molecule has 6 heteroatoms. The number of rotatable bonds is 4. The molecule has 0 fully saturated rings. The van der Waals surface area contributed by atoms with Gasteiger partial charge >= 0.3 is 0 Å². The summed E-state index contributed by atoms with van der Waals surface area (Å²) in [6.45, 7) is 1.86. The number of anilines is 1. The van der Waals surface area contributed by atoms with E-state index in [1.54, 1.807) is 18.9 Å². The first-order valence-electron chi connectivity index (χ1n) is 8.03. The second-order valence-corrected chi connectivity index (χ2v) is 5.83. The number of amides is 1. The smallest absolute Gasteiger partial charge is 0.247 e. The molecule has 1 atom stereocenters. The molecule has 4 aromatic rings. The largest absolute Gasteiger partial charge is 0.324 e. The molecule has 0 aliphatic carbocycles. The van der Waals surface area contributed by atoms with E-state index in [-0.39, 0.29) is 11.9 Å². The van der Waals surface area contributed by atoms with Crippen LogP contribution in [0.1, 0.15) is 13.0 Å². The van der Waals surface area contributed by atoms with Gasteiger partial charge in [0.1, 0.15) is 6.04 Å². The highest BCUT2D eigenvalue weighted by atomic mass is 16.2. The Morgan fingerprint density at radius 3 is 2.84 bits per heavy atom. The van der Waals surface area contributed by atoms with Crippen LogP contribution in [0, 0.1) is 0 Å². The van der Waals surface area contributed by atoms with Crippen molar-refractivity contribution in [2.24, 2.45) is 0 Å². The lowest BCUT2D eigenvalue weighted by Crippen LogP contribution is -2.23. The molecule has 1 N–H and O–H groups in total. The molecule has 0 aliphatic heterocycles. The second-order valence-electron chi connectivity index (χ2n) is 5.83. The number of hydrogen-bond acceptors (Lipinski definition) is 3. The number of fused-ring (bicyclic) bond motifs is 1. The van der Waals surface area contributed by atoms with Gasteiger partial charge in [0.2, 0.25) is 5.91 Å². The summed E-state index contributed by atoms with van der Waals surface area (Å²) in [4.78, 5) is 21.1. The fourth-order valence-electron chi connectivity index (χ4n) is 2.82. The van der Waals surface area contributed by atoms with E-state index in [0.717, 1.165) is 22.4 Å². The Morgan fingerprint density at radius 2 is 2.00 bits per heavy atom. The van der Waals surface area contributed by atoms with Crippen molar-refractivity contribution in [3.63, 3.8) is 0 Å². The zero-order chi connectivity index (χ0) is 17.2. The molecule has 124 valence electrons. The van der Waals surface area contributed by atoms with Crippen LogP contribution in [0.5, 0.6) is 0 Å². The van der Waals surface area contributed by atoms with Crippen molar-refractivity contribution in [1.29, 1.82) is 0 Å². The molecule has 0 aliphatic rings. The number of para-hydroxylation sites is 2. The standard InChI is InChI=1S/C19H17N5O/c1-14(24-13-21-17-7-2-3-8-18(17)24)19(25)22-15-5-4-6-16(11-15)23-10-9-20-12-23/h2-14H,1H3,(H,22,25)/t14-/m1/s1. The van der Waals surface area contributed by atoms with Crippen molar-refractivity contribution in [3.8, 4) is 5.69 Å². The molecule has 0 radical (unpaired) electrons. The highest BCUT2D eigenvalue weighted by molar-refractivity contribution is 5.94. The molecule has 0 saturated heterocycles. The number of carbonyl (C=O) groups is 1. The van der Waals surface area contributed by atoms with E-state index in [1.165, 1.54) is 0 Å². The van der Waals surface area contributed by atoms with Gasteiger partial charge in [0.25, 0.3) is 0 Å². The fraction of sp³-hybridized carbons (Fsp3) is 0.105. The van der Waals surface area contributed by atoms with Crippen molar-refractivity contribution >= 4 is 22.6 Å². The number of benzene rings is 2. The van der Waals surface area contributed by atoms with E-state index in [0.29, 0.717) is 0 Å². The minimum Gasteiger partial charge on any atom is -0.324 e. The summed E-state index contributed by atoms with van der Waals surface area (Å²) in [6.07, 6.45) is 7.01. The van der Waals surface area contributed by atoms with Crippen LogP contribution in [0.3, 0.4) is 0 Å². The van der Waals surface area contributed by atoms with Gasteiger partial charge in [-0.3, -0.25) is 4.79 Å². The van der Waals surface area contributed by atoms with Crippen LogP contribution in [0.2, 0.25) is 0 Å². The average molecular weight is 331 g/mol. The van der Waals surface area contributed by atoms with Crippen LogP contribution in [0.4, 0.5) is 5.69 Å². The number of nitrogens with zero attached hydrogens (tertiary/aromatic N) is 4. The Kier molecular flexibility index (Phi) is 3.78. The molecule has 0 unspecified atom stereocenters. The zero-order valence-electron chi connectivity index (χ0n) is 13.7. The van der Waals surface area contributed by atoms with Crippen LogP contribution < -0.4 is 5.32 Å². The molecule has 0 spiro atoms. The lowest BCUT2D eigenvalue weighted by Gasteiger charge is -2.15. The van der Waals surface area contributed by atoms with Gasteiger partial charge in [-0.1, -0.05) is 18.2 Å². The first kappa shape index (κ1) is 15.1. The van der Waals surface area contributed by atoms with Gasteiger partial charge in [-0.05, 0) is 37.3 Å². The summed E-state index contributed by atoms with van der Waals surface area (Å²) in [7, 11) is 0. The second kappa shape index (κ2) is 6.24. The molecule has 1 amide bonds. The van der Waals surface area contributed by atoms with Gasteiger partial charge < -0.3 is 14.5 Å². The summed E-state index contributed by atoms with van der Waals surface area (Å²) in [6, 6.07) is 15.1. The Hall–Kier alpha value is -3.41. The maximum absolute atomic E-state index is 12.7. The number of imidazole rings is 2. The third-order valence-electron chi connectivity index (χ3n) is 4.19. The fourth-order valence-corrected chi connectivity index (χ4v) is 2.82. The highest BCUT2D eigenvalue weighted by Crippen LogP contribution is 2.20. The van der Waals surface area contributed by atoms with E-state index >= 15 is 0 Å². The molecule has 25 heavy (non-hydrogen) atoms. The first-order chi connectivity index (χ1) is 12.2. The Morgan fingerprint density at radius 1 is 1.12 bits per heavy atom. The molecule has 0 bridgehead atoms. The number of carbonyl (C=O) groups excluding carboxylic acids is 1. The quantitative estimate of drug-likeness (QED) is 0.623. The van der Waals surface area contributed by atoms with E-state index in [1.807, 2.05) is 70.8 Å². The van der Waals surface area contributed by atoms with Crippen molar-refractivity contribution < 1.29 is 4.79 Å². The van der Waals surface area contributed by atoms with Crippen LogP contribution in [0.15, 0.2) is 73.6 Å². The monoisotopic (exact) mass is 331 g/mol. The van der Waals surface area contributed by atoms with E-state index in [2.05, 4.69) is 15.3 Å². The number of nitrogens with one attached hydrogen (secondary N) is 1. The maximum atomic E-state index is 12.7. The predicted molar refractivity (Wildman–Crippen MR) is 96.6 cm³/mol. The molecule has 4 rings (SSSR count). The van der Waals surface area contributed by atoms with Gasteiger partial charge in [-0.2, -0.15) is 0 Å². The molecular formula is C19H17N5O. The molecule has 0 saturated carbocycles. The third-order valence-corrected chi connectivity index (χ3v) is 4.19. The van der Waals surface area contributed by atoms with Gasteiger partial charge in [-0.15, -0.1) is 0 Å². The lowest BCUT2D eigenvalue weighted by atomic mass is 10.2. The van der Waals surface area contributed by atoms with Gasteiger partial charge in [0.05, 0.1) is 23.7 Å². The minimum atomic E-state index is -0.371. The topological polar surface area (TPSA) is 64.7 Å². The molecule has 2 aromatic heterocycles. The lowest BCUT2D eigenvalue weighted by molar-refractivity contribution is -0.118. The Bertz CT molecular complexity index is 1020. The number of hydrogen-bond donors (Lipinski definition) is 1. The molecular weight excluding hydrogens is 314 g/mol. The summed E-state index contributed by atoms with van der Waals surface area (Å²) >= 11 is 0. The van der Waals surface area contributed by atoms with Gasteiger partial charge in [-0.25, -0.2) is 9.97 Å². The highest BCUT2D eigenvalue weighted by Gasteiger charge is 2.17. The average Bonchev–Trinajstić information content (AvgIpc) is 3.31. The summed E-state index contributed by atoms with van der Waals surface area (Å²) in [5.74, 6) is -0.0917. The molecule has 2 heterocycles. The van der Waals surface area contributed by atoms with E-state index < -0.39 is 0 Å². The third kappa shape index (κ3) is 2.89. The van der Waals surface area contributed by atoms with Gasteiger partial charge in [0, 0.05) is 23.8 Å². The van der Waals surface area contributed by atoms with Crippen LogP contribution >= 0.6 is 0 Å². The van der Waals surface area contributed by atoms with E-state index in [4.69, 9.17) is 0 Å². The van der Waals surface area contributed by atoms with Crippen molar-refractivity contribution in [2.75, 3.05) is 5.32 Å². The van der Waals surface area contributed by atoms with Crippen LogP contribution in [-0.2, 0) is 4.79 Å². The zero-order valence-corrected chi connectivity index (χ0v) is 13.7. The predicted octanol–water partition coefficient (Wildman–Crippen LogP) is 3.42. The minimum absolute atomic E-state index is 0.0917. The summed E-state index contributed by atoms with van der Waals surface area (Å²) in [5, 5.41) is 2.98. The van der Waals surface area contributed by atoms with Gasteiger partial charge in [0.15, 0.2) is 0 Å². The SMILES string of the molecule is C[C@H](C(=O)Nc1cccc(-n2ccnc2)c1)n1cnc2ccccc21. The number of aromatic nitrogens is 4. The normalized spacial score (nSPS) is 12.2. The van der Waals surface area contributed by atoms with Crippen molar-refractivity contribution in [2.45, 2.75) is 13.0 Å². The Labute approximate surface area is 144 Å².